The zero-order valence-corrected chi connectivity index (χ0v) is 28.8. The highest BCUT2D eigenvalue weighted by atomic mass is 16.6. The number of rotatable bonds is 36. The molecule has 46 heavy (non-hydrogen) atoms. The molecule has 270 valence electrons. The van der Waals surface area contributed by atoms with Crippen molar-refractivity contribution in [3.8, 4) is 17.2 Å². The largest absolute Gasteiger partial charge is 0.487 e. The number of hydrogen-bond donors (Lipinski definition) is 1. The van der Waals surface area contributed by atoms with E-state index in [2.05, 4.69) is 12.2 Å². The first-order chi connectivity index (χ1) is 22.8. The van der Waals surface area contributed by atoms with Gasteiger partial charge in [0.2, 0.25) is 5.75 Å². The maximum Gasteiger partial charge on any atom is 0.203 e. The molecule has 0 unspecified atom stereocenters. The maximum absolute atomic E-state index is 6.17. The molecule has 0 atom stereocenters. The van der Waals surface area contributed by atoms with Crippen molar-refractivity contribution in [1.82, 2.24) is 5.32 Å². The summed E-state index contributed by atoms with van der Waals surface area (Å²) in [7, 11) is 0. The Bertz CT molecular complexity index is 744. The van der Waals surface area contributed by atoms with Crippen LogP contribution in [0.4, 0.5) is 0 Å². The Kier molecular flexibility index (Phi) is 30.4. The monoisotopic (exact) mass is 663 g/mol. The van der Waals surface area contributed by atoms with Gasteiger partial charge in [-0.3, -0.25) is 0 Å². The molecule has 0 radical (unpaired) electrons. The highest BCUT2D eigenvalue weighted by Crippen LogP contribution is 2.39. The zero-order valence-electron chi connectivity index (χ0n) is 28.8. The molecule has 0 bridgehead atoms. The molecule has 0 spiro atoms. The summed E-state index contributed by atoms with van der Waals surface area (Å²) in [5.74, 6) is 1.66. The highest BCUT2D eigenvalue weighted by Gasteiger charge is 2.16. The number of hydrogen-bond acceptors (Lipinski definition) is 13. The van der Waals surface area contributed by atoms with Crippen molar-refractivity contribution in [1.29, 1.82) is 0 Å². The van der Waals surface area contributed by atoms with E-state index in [1.807, 2.05) is 32.9 Å². The van der Waals surface area contributed by atoms with Gasteiger partial charge in [-0.2, -0.15) is 0 Å². The predicted molar refractivity (Wildman–Crippen MR) is 175 cm³/mol. The lowest BCUT2D eigenvalue weighted by atomic mass is 10.1. The van der Waals surface area contributed by atoms with Gasteiger partial charge in [0, 0.05) is 26.4 Å². The molecular weight excluding hydrogens is 602 g/mol. The molecule has 0 heterocycles. The van der Waals surface area contributed by atoms with Crippen LogP contribution < -0.4 is 19.5 Å². The second-order valence-electron chi connectivity index (χ2n) is 9.51. The van der Waals surface area contributed by atoms with Gasteiger partial charge in [0.05, 0.1) is 99.1 Å². The molecule has 0 saturated carbocycles. The van der Waals surface area contributed by atoms with Crippen LogP contribution in [0.15, 0.2) is 12.1 Å². The van der Waals surface area contributed by atoms with Crippen LogP contribution in [-0.4, -0.2) is 145 Å². The minimum atomic E-state index is 0.309. The molecule has 0 aliphatic rings. The van der Waals surface area contributed by atoms with Crippen molar-refractivity contribution in [3.63, 3.8) is 0 Å². The van der Waals surface area contributed by atoms with Crippen LogP contribution >= 0.6 is 0 Å². The van der Waals surface area contributed by atoms with Crippen molar-refractivity contribution >= 4 is 0 Å². The predicted octanol–water partition coefficient (Wildman–Crippen LogP) is 3.14. The van der Waals surface area contributed by atoms with Crippen LogP contribution in [0.1, 0.15) is 33.3 Å². The summed E-state index contributed by atoms with van der Waals surface area (Å²) < 4.78 is 67.8. The van der Waals surface area contributed by atoms with E-state index in [0.29, 0.717) is 163 Å². The normalized spacial score (nSPS) is 11.3. The first-order valence-corrected chi connectivity index (χ1v) is 16.7. The van der Waals surface area contributed by atoms with Crippen LogP contribution in [0.5, 0.6) is 17.2 Å². The Balaban J connectivity index is 2.68. The maximum atomic E-state index is 6.17. The van der Waals surface area contributed by atoms with Gasteiger partial charge in [-0.15, -0.1) is 0 Å². The Morgan fingerprint density at radius 1 is 0.391 bits per heavy atom. The molecule has 1 aromatic carbocycles. The van der Waals surface area contributed by atoms with Crippen molar-refractivity contribution in [2.45, 2.75) is 34.2 Å². The lowest BCUT2D eigenvalue weighted by molar-refractivity contribution is 0.00864. The number of benzene rings is 1. The van der Waals surface area contributed by atoms with Gasteiger partial charge in [-0.25, -0.2) is 0 Å². The van der Waals surface area contributed by atoms with Gasteiger partial charge in [-0.05, 0) is 45.0 Å². The molecule has 1 rings (SSSR count). The molecular formula is C33H61NO12. The topological polar surface area (TPSA) is 123 Å². The van der Waals surface area contributed by atoms with Gasteiger partial charge in [0.25, 0.3) is 0 Å². The lowest BCUT2D eigenvalue weighted by Crippen LogP contribution is -2.16. The summed E-state index contributed by atoms with van der Waals surface area (Å²) in [5, 5.41) is 3.36. The summed E-state index contributed by atoms with van der Waals surface area (Å²) in [6, 6.07) is 3.93. The Labute approximate surface area is 276 Å². The van der Waals surface area contributed by atoms with Crippen molar-refractivity contribution in [2.24, 2.45) is 0 Å². The van der Waals surface area contributed by atoms with Crippen LogP contribution in [0.3, 0.4) is 0 Å². The summed E-state index contributed by atoms with van der Waals surface area (Å²) >= 11 is 0. The Morgan fingerprint density at radius 3 is 1.02 bits per heavy atom. The van der Waals surface area contributed by atoms with E-state index in [4.69, 9.17) is 56.8 Å². The molecule has 0 amide bonds. The lowest BCUT2D eigenvalue weighted by Gasteiger charge is -2.19. The van der Waals surface area contributed by atoms with Crippen molar-refractivity contribution < 1.29 is 56.8 Å². The average Bonchev–Trinajstić information content (AvgIpc) is 3.07. The van der Waals surface area contributed by atoms with Crippen molar-refractivity contribution in [3.05, 3.63) is 17.7 Å². The highest BCUT2D eigenvalue weighted by molar-refractivity contribution is 5.54. The fourth-order valence-electron chi connectivity index (χ4n) is 3.74. The zero-order chi connectivity index (χ0) is 33.2. The number of nitrogens with one attached hydrogen (secondary N) is 1. The van der Waals surface area contributed by atoms with E-state index in [-0.39, 0.29) is 0 Å². The third-order valence-corrected chi connectivity index (χ3v) is 5.95. The second kappa shape index (κ2) is 33.1. The van der Waals surface area contributed by atoms with Gasteiger partial charge >= 0.3 is 0 Å². The van der Waals surface area contributed by atoms with Crippen LogP contribution in [0, 0.1) is 0 Å². The van der Waals surface area contributed by atoms with E-state index < -0.39 is 0 Å². The van der Waals surface area contributed by atoms with Crippen LogP contribution in [0.25, 0.3) is 0 Å². The quantitative estimate of drug-likeness (QED) is 0.106. The Morgan fingerprint density at radius 2 is 0.696 bits per heavy atom. The van der Waals surface area contributed by atoms with Gasteiger partial charge < -0.3 is 62.2 Å². The summed E-state index contributed by atoms with van der Waals surface area (Å²) in [4.78, 5) is 0. The van der Waals surface area contributed by atoms with Gasteiger partial charge in [-0.1, -0.05) is 6.92 Å². The minimum absolute atomic E-state index is 0.309. The summed E-state index contributed by atoms with van der Waals surface area (Å²) in [6.45, 7) is 19.9. The molecule has 13 nitrogen and oxygen atoms in total. The third kappa shape index (κ3) is 24.4. The molecule has 0 fully saturated rings. The molecule has 0 saturated heterocycles. The van der Waals surface area contributed by atoms with Crippen LogP contribution in [0.2, 0.25) is 0 Å². The number of ether oxygens (including phenoxy) is 12. The Hall–Kier alpha value is -1.78. The molecule has 0 aliphatic carbocycles. The standard InChI is InChI=1S/C33H61NO12/c1-5-34-29-30-27-31(44-24-21-41-18-15-38-12-9-35-6-2)33(46-26-23-43-20-17-40-14-11-37-8-4)32(28-30)45-25-22-42-19-16-39-13-10-36-7-3/h27-28,34H,5-26,29H2,1-4H3. The average molecular weight is 664 g/mol. The second-order valence-corrected chi connectivity index (χ2v) is 9.51. The smallest absolute Gasteiger partial charge is 0.203 e. The fourth-order valence-corrected chi connectivity index (χ4v) is 3.74. The SMILES string of the molecule is CCNCc1cc(OCCOCCOCCOCC)c(OCCOCCOCCOCC)c(OCCOCCOCCOCC)c1. The summed E-state index contributed by atoms with van der Waals surface area (Å²) in [5.41, 5.74) is 1.01. The third-order valence-electron chi connectivity index (χ3n) is 5.95. The fraction of sp³-hybridized carbons (Fsp3) is 0.818. The molecule has 13 heteroatoms. The molecule has 0 aliphatic heterocycles. The van der Waals surface area contributed by atoms with E-state index in [1.54, 1.807) is 0 Å². The van der Waals surface area contributed by atoms with Gasteiger partial charge in [0.15, 0.2) is 11.5 Å². The molecule has 1 N–H and O–H groups in total. The van der Waals surface area contributed by atoms with E-state index >= 15 is 0 Å². The first-order valence-electron chi connectivity index (χ1n) is 16.7. The minimum Gasteiger partial charge on any atom is -0.487 e. The molecule has 0 aromatic heterocycles. The van der Waals surface area contributed by atoms with Gasteiger partial charge in [0.1, 0.15) is 19.8 Å². The summed E-state index contributed by atoms with van der Waals surface area (Å²) in [6.07, 6.45) is 0. The van der Waals surface area contributed by atoms with Crippen molar-refractivity contribution in [2.75, 3.05) is 145 Å². The van der Waals surface area contributed by atoms with Crippen LogP contribution in [-0.2, 0) is 49.2 Å². The van der Waals surface area contributed by atoms with E-state index in [1.165, 1.54) is 0 Å². The molecule has 1 aromatic rings. The first kappa shape index (κ1) is 42.2. The van der Waals surface area contributed by atoms with E-state index in [0.717, 1.165) is 12.1 Å². The van der Waals surface area contributed by atoms with E-state index in [9.17, 15) is 0 Å².